The number of hydrogen-bond acceptors (Lipinski definition) is 6. The van der Waals surface area contributed by atoms with Gasteiger partial charge in [-0.25, -0.2) is 14.0 Å². The van der Waals surface area contributed by atoms with Crippen LogP contribution in [0, 0.1) is 12.7 Å². The topological polar surface area (TPSA) is 111 Å². The fourth-order valence-electron chi connectivity index (χ4n) is 1.94. The van der Waals surface area contributed by atoms with Gasteiger partial charge in [0.25, 0.3) is 5.91 Å². The Labute approximate surface area is 146 Å². The molecule has 132 valence electrons. The highest BCUT2D eigenvalue weighted by Gasteiger charge is 2.27. The average Bonchev–Trinajstić information content (AvgIpc) is 2.93. The number of benzene rings is 1. The first-order valence-electron chi connectivity index (χ1n) is 6.94. The monoisotopic (exact) mass is 369 g/mol. The molecule has 3 amide bonds. The van der Waals surface area contributed by atoms with Gasteiger partial charge in [-0.05, 0) is 19.1 Å². The highest BCUT2D eigenvalue weighted by molar-refractivity contribution is 6.33. The molecule has 2 N–H and O–H groups in total. The smallest absolute Gasteiger partial charge is 0.344 e. The number of nitrogens with one attached hydrogen (secondary N) is 2. The molecule has 0 unspecified atom stereocenters. The molecule has 0 bridgehead atoms. The molecular weight excluding hydrogens is 357 g/mol. The van der Waals surface area contributed by atoms with Crippen molar-refractivity contribution in [1.82, 2.24) is 15.8 Å². The van der Waals surface area contributed by atoms with Gasteiger partial charge in [0.2, 0.25) is 0 Å². The van der Waals surface area contributed by atoms with E-state index in [0.29, 0.717) is 0 Å². The lowest BCUT2D eigenvalue weighted by Crippen LogP contribution is -2.39. The lowest BCUT2D eigenvalue weighted by molar-refractivity contribution is -0.123. The third kappa shape index (κ3) is 4.13. The molecule has 1 heterocycles. The van der Waals surface area contributed by atoms with Gasteiger partial charge in [-0.1, -0.05) is 22.8 Å². The molecule has 0 saturated carbocycles. The van der Waals surface area contributed by atoms with E-state index in [2.05, 4.69) is 10.5 Å². The first-order chi connectivity index (χ1) is 11.8. The first kappa shape index (κ1) is 18.4. The van der Waals surface area contributed by atoms with Crippen LogP contribution in [0.3, 0.4) is 0 Å². The van der Waals surface area contributed by atoms with Gasteiger partial charge in [-0.15, -0.1) is 0 Å². The summed E-state index contributed by atoms with van der Waals surface area (Å²) < 4.78 is 23.8. The molecule has 0 spiro atoms. The zero-order valence-electron chi connectivity index (χ0n) is 13.2. The van der Waals surface area contributed by atoms with E-state index in [1.54, 1.807) is 0 Å². The molecule has 25 heavy (non-hydrogen) atoms. The van der Waals surface area contributed by atoms with Crippen molar-refractivity contribution in [1.29, 1.82) is 0 Å². The maximum atomic E-state index is 14.1. The number of esters is 1. The van der Waals surface area contributed by atoms with Crippen LogP contribution in [0.5, 0.6) is 0 Å². The van der Waals surface area contributed by atoms with E-state index >= 15 is 0 Å². The Bertz CT molecular complexity index is 816. The fraction of sp³-hybridized carbons (Fsp3) is 0.200. The summed E-state index contributed by atoms with van der Waals surface area (Å²) in [6, 6.07) is 3.23. The summed E-state index contributed by atoms with van der Waals surface area (Å²) in [5.41, 5.74) is -0.431. The summed E-state index contributed by atoms with van der Waals surface area (Å²) in [5, 5.41) is 7.77. The van der Waals surface area contributed by atoms with Gasteiger partial charge < -0.3 is 14.6 Å². The van der Waals surface area contributed by atoms with E-state index in [1.807, 2.05) is 5.32 Å². The van der Waals surface area contributed by atoms with Crippen molar-refractivity contribution in [3.8, 4) is 11.3 Å². The molecule has 0 aliphatic carbocycles. The number of carbonyl (C=O) groups is 3. The van der Waals surface area contributed by atoms with Gasteiger partial charge in [0.1, 0.15) is 22.8 Å². The number of rotatable bonds is 4. The predicted octanol–water partition coefficient (Wildman–Crippen LogP) is 2.05. The molecule has 1 aromatic carbocycles. The summed E-state index contributed by atoms with van der Waals surface area (Å²) >= 11 is 5.97. The molecule has 0 radical (unpaired) electrons. The van der Waals surface area contributed by atoms with Gasteiger partial charge >= 0.3 is 12.0 Å². The van der Waals surface area contributed by atoms with E-state index in [0.717, 1.165) is 6.07 Å². The Hall–Kier alpha value is -2.94. The number of nitrogens with zero attached hydrogens (tertiary/aromatic N) is 1. The van der Waals surface area contributed by atoms with Crippen molar-refractivity contribution in [3.05, 3.63) is 40.4 Å². The Balaban J connectivity index is 2.23. The van der Waals surface area contributed by atoms with Crippen LogP contribution in [0.25, 0.3) is 11.3 Å². The Morgan fingerprint density at radius 2 is 2.08 bits per heavy atom. The number of imide groups is 1. The van der Waals surface area contributed by atoms with Crippen molar-refractivity contribution in [2.24, 2.45) is 0 Å². The lowest BCUT2D eigenvalue weighted by Gasteiger charge is -2.07. The maximum absolute atomic E-state index is 14.1. The second-order valence-corrected chi connectivity index (χ2v) is 5.17. The minimum Gasteiger partial charge on any atom is -0.452 e. The molecule has 0 atom stereocenters. The van der Waals surface area contributed by atoms with Crippen LogP contribution in [-0.2, 0) is 9.53 Å². The van der Waals surface area contributed by atoms with Crippen molar-refractivity contribution >= 4 is 29.5 Å². The van der Waals surface area contributed by atoms with Crippen LogP contribution in [0.15, 0.2) is 22.7 Å². The second-order valence-electron chi connectivity index (χ2n) is 4.76. The zero-order chi connectivity index (χ0) is 18.6. The third-order valence-corrected chi connectivity index (χ3v) is 3.40. The van der Waals surface area contributed by atoms with Crippen LogP contribution in [0.2, 0.25) is 5.02 Å². The van der Waals surface area contributed by atoms with Crippen molar-refractivity contribution in [2.45, 2.75) is 6.92 Å². The molecule has 10 heteroatoms. The van der Waals surface area contributed by atoms with Gasteiger partial charge in [-0.3, -0.25) is 10.1 Å². The summed E-state index contributed by atoms with van der Waals surface area (Å²) in [5.74, 6) is -2.45. The predicted molar refractivity (Wildman–Crippen MR) is 84.5 cm³/mol. The van der Waals surface area contributed by atoms with Crippen LogP contribution >= 0.6 is 11.6 Å². The average molecular weight is 370 g/mol. The molecule has 0 saturated heterocycles. The van der Waals surface area contributed by atoms with E-state index in [9.17, 15) is 18.8 Å². The number of aromatic nitrogens is 1. The third-order valence-electron chi connectivity index (χ3n) is 3.08. The molecular formula is C15H13ClFN3O5. The lowest BCUT2D eigenvalue weighted by atomic mass is 10.1. The van der Waals surface area contributed by atoms with Crippen molar-refractivity contribution in [2.75, 3.05) is 13.7 Å². The van der Waals surface area contributed by atoms with Crippen molar-refractivity contribution < 1.29 is 28.0 Å². The number of carbonyl (C=O) groups excluding carboxylic acids is 3. The summed E-state index contributed by atoms with van der Waals surface area (Å²) in [7, 11) is 1.32. The highest BCUT2D eigenvalue weighted by atomic mass is 35.5. The van der Waals surface area contributed by atoms with E-state index in [1.165, 1.54) is 26.1 Å². The first-order valence-corrected chi connectivity index (χ1v) is 7.32. The molecule has 2 aromatic rings. The van der Waals surface area contributed by atoms with Crippen LogP contribution in [0.4, 0.5) is 9.18 Å². The quantitative estimate of drug-likeness (QED) is 0.798. The van der Waals surface area contributed by atoms with Gasteiger partial charge in [0, 0.05) is 7.05 Å². The van der Waals surface area contributed by atoms with Crippen LogP contribution in [-0.4, -0.2) is 36.7 Å². The largest absolute Gasteiger partial charge is 0.452 e. The molecule has 0 aliphatic heterocycles. The second kappa shape index (κ2) is 7.75. The number of halogens is 2. The summed E-state index contributed by atoms with van der Waals surface area (Å²) in [6.45, 7) is 0.702. The molecule has 0 aliphatic rings. The van der Waals surface area contributed by atoms with E-state index in [-0.39, 0.29) is 27.6 Å². The standard InChI is InChI=1S/C15H13ClFN3O5/c1-7-11(14(22)24-6-10(21)19-15(23)18-2)13(20-25-7)12-8(16)4-3-5-9(12)17/h3-5H,6H2,1-2H3,(H2,18,19,21,23). The van der Waals surface area contributed by atoms with Crippen LogP contribution < -0.4 is 10.6 Å². The number of urea groups is 1. The van der Waals surface area contributed by atoms with Crippen LogP contribution in [0.1, 0.15) is 16.1 Å². The molecule has 1 aromatic heterocycles. The molecule has 0 fully saturated rings. The van der Waals surface area contributed by atoms with E-state index in [4.69, 9.17) is 20.9 Å². The highest BCUT2D eigenvalue weighted by Crippen LogP contribution is 2.33. The van der Waals surface area contributed by atoms with Gasteiger partial charge in [0.05, 0.1) is 10.6 Å². The van der Waals surface area contributed by atoms with E-state index < -0.39 is 30.3 Å². The summed E-state index contributed by atoms with van der Waals surface area (Å²) in [6.07, 6.45) is 0. The molecule has 8 nitrogen and oxygen atoms in total. The minimum absolute atomic E-state index is 0.0275. The fourth-order valence-corrected chi connectivity index (χ4v) is 2.19. The minimum atomic E-state index is -0.972. The van der Waals surface area contributed by atoms with Gasteiger partial charge in [0.15, 0.2) is 6.61 Å². The number of ether oxygens (including phenoxy) is 1. The normalized spacial score (nSPS) is 10.2. The summed E-state index contributed by atoms with van der Waals surface area (Å²) in [4.78, 5) is 34.7. The Morgan fingerprint density at radius 3 is 2.72 bits per heavy atom. The number of amides is 3. The van der Waals surface area contributed by atoms with Gasteiger partial charge in [-0.2, -0.15) is 0 Å². The van der Waals surface area contributed by atoms with Crippen molar-refractivity contribution in [3.63, 3.8) is 0 Å². The Kier molecular flexibility index (Phi) is 5.71. The number of aryl methyl sites for hydroxylation is 1. The number of hydrogen-bond donors (Lipinski definition) is 2. The SMILES string of the molecule is CNC(=O)NC(=O)COC(=O)c1c(-c2c(F)cccc2Cl)noc1C. The molecule has 2 rings (SSSR count). The maximum Gasteiger partial charge on any atom is 0.344 e. The Morgan fingerprint density at radius 1 is 1.36 bits per heavy atom. The zero-order valence-corrected chi connectivity index (χ0v) is 13.9.